The van der Waals surface area contributed by atoms with Crippen molar-refractivity contribution in [1.29, 1.82) is 0 Å². The summed E-state index contributed by atoms with van der Waals surface area (Å²) in [5.41, 5.74) is 0. The first-order valence-electron chi connectivity index (χ1n) is 5.81. The van der Waals surface area contributed by atoms with Crippen LogP contribution in [0.4, 0.5) is 0 Å². The van der Waals surface area contributed by atoms with Gasteiger partial charge in [0.25, 0.3) is 0 Å². The maximum atomic E-state index is 11.6. The van der Waals surface area contributed by atoms with E-state index in [1.165, 1.54) is 4.88 Å². The van der Waals surface area contributed by atoms with Crippen LogP contribution in [0.5, 0.6) is 0 Å². The Morgan fingerprint density at radius 3 is 3.11 bits per heavy atom. The van der Waals surface area contributed by atoms with E-state index in [-0.39, 0.29) is 5.91 Å². The van der Waals surface area contributed by atoms with Crippen molar-refractivity contribution in [2.24, 2.45) is 0 Å². The number of imidazole rings is 1. The first-order chi connectivity index (χ1) is 9.24. The molecule has 0 radical (unpaired) electrons. The van der Waals surface area contributed by atoms with Crippen LogP contribution in [-0.4, -0.2) is 28.2 Å². The van der Waals surface area contributed by atoms with E-state index in [9.17, 15) is 4.79 Å². The number of hydrogen-bond donors (Lipinski definition) is 2. The van der Waals surface area contributed by atoms with Crippen molar-refractivity contribution in [1.82, 2.24) is 15.3 Å². The summed E-state index contributed by atoms with van der Waals surface area (Å²) in [5, 5.41) is 2.87. The number of aromatic nitrogens is 2. The van der Waals surface area contributed by atoms with Crippen LogP contribution in [0, 0.1) is 0 Å². The summed E-state index contributed by atoms with van der Waals surface area (Å²) in [4.78, 5) is 19.9. The molecule has 1 amide bonds. The molecule has 2 heterocycles. The number of rotatable bonds is 7. The number of amides is 1. The summed E-state index contributed by atoms with van der Waals surface area (Å²) in [6.45, 7) is 0.609. The number of carbonyl (C=O) groups excluding carboxylic acids is 1. The number of halogens is 1. The number of nitrogens with one attached hydrogen (secondary N) is 2. The highest BCUT2D eigenvalue weighted by atomic mass is 35.5. The minimum atomic E-state index is 0.0548. The summed E-state index contributed by atoms with van der Waals surface area (Å²) in [7, 11) is 0. The minimum absolute atomic E-state index is 0.0548. The average molecular weight is 316 g/mol. The summed E-state index contributed by atoms with van der Waals surface area (Å²) >= 11 is 8.99. The van der Waals surface area contributed by atoms with E-state index in [1.807, 2.05) is 12.1 Å². The lowest BCUT2D eigenvalue weighted by Crippen LogP contribution is -2.27. The second kappa shape index (κ2) is 7.57. The van der Waals surface area contributed by atoms with Crippen molar-refractivity contribution in [2.75, 3.05) is 12.3 Å². The normalized spacial score (nSPS) is 10.6. The lowest BCUT2D eigenvalue weighted by atomic mass is 10.4. The lowest BCUT2D eigenvalue weighted by Gasteiger charge is -2.03. The van der Waals surface area contributed by atoms with E-state index in [2.05, 4.69) is 15.3 Å². The zero-order chi connectivity index (χ0) is 13.5. The van der Waals surface area contributed by atoms with Gasteiger partial charge in [-0.2, -0.15) is 0 Å². The maximum absolute atomic E-state index is 11.6. The zero-order valence-electron chi connectivity index (χ0n) is 10.2. The fraction of sp³-hybridized carbons (Fsp3) is 0.333. The molecule has 0 aliphatic carbocycles. The van der Waals surface area contributed by atoms with Crippen LogP contribution in [-0.2, 0) is 17.0 Å². The third kappa shape index (κ3) is 5.26. The number of carbonyl (C=O) groups is 1. The average Bonchev–Trinajstić information content (AvgIpc) is 3.01. The van der Waals surface area contributed by atoms with Crippen molar-refractivity contribution in [3.8, 4) is 0 Å². The van der Waals surface area contributed by atoms with Gasteiger partial charge in [-0.1, -0.05) is 11.6 Å². The van der Waals surface area contributed by atoms with Crippen LogP contribution in [0.25, 0.3) is 0 Å². The SMILES string of the molecule is O=C(CSCc1ccc(Cl)s1)NCCc1ncc[nH]1. The molecule has 0 fully saturated rings. The predicted octanol–water partition coefficient (Wildman–Crippen LogP) is 2.72. The quantitative estimate of drug-likeness (QED) is 0.826. The topological polar surface area (TPSA) is 57.8 Å². The molecule has 0 bridgehead atoms. The Labute approximate surface area is 125 Å². The first kappa shape index (κ1) is 14.4. The van der Waals surface area contributed by atoms with E-state index < -0.39 is 0 Å². The molecule has 0 atom stereocenters. The van der Waals surface area contributed by atoms with Crippen molar-refractivity contribution < 1.29 is 4.79 Å². The molecule has 2 aromatic heterocycles. The standard InChI is InChI=1S/C12H14ClN3OS2/c13-10-2-1-9(19-10)7-18-8-12(17)16-4-3-11-14-5-6-15-11/h1-2,5-6H,3-4,7-8H2,(H,14,15)(H,16,17). The van der Waals surface area contributed by atoms with Gasteiger partial charge in [-0.15, -0.1) is 23.1 Å². The van der Waals surface area contributed by atoms with Crippen LogP contribution in [0.15, 0.2) is 24.5 Å². The van der Waals surface area contributed by atoms with Gasteiger partial charge >= 0.3 is 0 Å². The Balaban J connectivity index is 1.57. The number of thioether (sulfide) groups is 1. The van der Waals surface area contributed by atoms with Gasteiger partial charge in [-0.05, 0) is 12.1 Å². The maximum Gasteiger partial charge on any atom is 0.230 e. The molecule has 19 heavy (non-hydrogen) atoms. The molecule has 2 aromatic rings. The van der Waals surface area contributed by atoms with Crippen LogP contribution in [0.2, 0.25) is 4.34 Å². The smallest absolute Gasteiger partial charge is 0.230 e. The highest BCUT2D eigenvalue weighted by Crippen LogP contribution is 2.24. The first-order valence-corrected chi connectivity index (χ1v) is 8.16. The van der Waals surface area contributed by atoms with Gasteiger partial charge in [-0.25, -0.2) is 4.98 Å². The molecule has 0 unspecified atom stereocenters. The number of aromatic amines is 1. The van der Waals surface area contributed by atoms with Gasteiger partial charge < -0.3 is 10.3 Å². The highest BCUT2D eigenvalue weighted by molar-refractivity contribution is 7.99. The van der Waals surface area contributed by atoms with Gasteiger partial charge in [-0.3, -0.25) is 4.79 Å². The molecular formula is C12H14ClN3OS2. The largest absolute Gasteiger partial charge is 0.355 e. The van der Waals surface area contributed by atoms with Gasteiger partial charge in [0, 0.05) is 36.0 Å². The van der Waals surface area contributed by atoms with Crippen LogP contribution < -0.4 is 5.32 Å². The summed E-state index contributed by atoms with van der Waals surface area (Å²) in [6.07, 6.45) is 4.21. The van der Waals surface area contributed by atoms with Gasteiger partial charge in [0.1, 0.15) is 5.82 Å². The predicted molar refractivity (Wildman–Crippen MR) is 80.8 cm³/mol. The Kier molecular flexibility index (Phi) is 5.75. The molecule has 0 spiro atoms. The number of H-pyrrole nitrogens is 1. The lowest BCUT2D eigenvalue weighted by molar-refractivity contribution is -0.118. The second-order valence-corrected chi connectivity index (χ2v) is 6.62. The van der Waals surface area contributed by atoms with Crippen LogP contribution >= 0.6 is 34.7 Å². The number of hydrogen-bond acceptors (Lipinski definition) is 4. The number of nitrogens with zero attached hydrogens (tertiary/aromatic N) is 1. The van der Waals surface area contributed by atoms with Gasteiger partial charge in [0.05, 0.1) is 10.1 Å². The fourth-order valence-electron chi connectivity index (χ4n) is 1.48. The van der Waals surface area contributed by atoms with Crippen LogP contribution in [0.1, 0.15) is 10.7 Å². The molecule has 2 rings (SSSR count). The van der Waals surface area contributed by atoms with E-state index in [1.54, 1.807) is 35.5 Å². The summed E-state index contributed by atoms with van der Waals surface area (Å²) in [6, 6.07) is 3.88. The third-order valence-corrected chi connectivity index (χ3v) is 4.74. The summed E-state index contributed by atoms with van der Waals surface area (Å²) < 4.78 is 0.790. The van der Waals surface area contributed by atoms with Crippen molar-refractivity contribution in [2.45, 2.75) is 12.2 Å². The molecule has 0 aromatic carbocycles. The van der Waals surface area contributed by atoms with Gasteiger partial charge in [0.2, 0.25) is 5.91 Å². The third-order valence-electron chi connectivity index (χ3n) is 2.35. The molecule has 0 saturated carbocycles. The van der Waals surface area contributed by atoms with Crippen molar-refractivity contribution >= 4 is 40.6 Å². The molecule has 102 valence electrons. The molecule has 0 aliphatic rings. The summed E-state index contributed by atoms with van der Waals surface area (Å²) in [5.74, 6) is 2.23. The van der Waals surface area contributed by atoms with Crippen molar-refractivity contribution in [3.63, 3.8) is 0 Å². The Morgan fingerprint density at radius 2 is 2.42 bits per heavy atom. The molecule has 2 N–H and O–H groups in total. The molecule has 0 saturated heterocycles. The van der Waals surface area contributed by atoms with E-state index in [0.717, 1.165) is 22.3 Å². The molecule has 0 aliphatic heterocycles. The van der Waals surface area contributed by atoms with E-state index in [4.69, 9.17) is 11.6 Å². The molecule has 7 heteroatoms. The zero-order valence-corrected chi connectivity index (χ0v) is 12.6. The van der Waals surface area contributed by atoms with Crippen molar-refractivity contribution in [3.05, 3.63) is 39.6 Å². The van der Waals surface area contributed by atoms with Gasteiger partial charge in [0.15, 0.2) is 0 Å². The monoisotopic (exact) mass is 315 g/mol. The van der Waals surface area contributed by atoms with E-state index >= 15 is 0 Å². The van der Waals surface area contributed by atoms with Crippen LogP contribution in [0.3, 0.4) is 0 Å². The fourth-order valence-corrected chi connectivity index (χ4v) is 3.54. The second-order valence-electron chi connectivity index (χ2n) is 3.83. The minimum Gasteiger partial charge on any atom is -0.355 e. The highest BCUT2D eigenvalue weighted by Gasteiger charge is 2.03. The number of thiophene rings is 1. The Hall–Kier alpha value is -0.980. The van der Waals surface area contributed by atoms with E-state index in [0.29, 0.717) is 12.3 Å². The Bertz CT molecular complexity index is 513. The Morgan fingerprint density at radius 1 is 1.53 bits per heavy atom. The molecular weight excluding hydrogens is 302 g/mol. The molecule has 4 nitrogen and oxygen atoms in total.